The number of benzene rings is 2. The molecule has 6 nitrogen and oxygen atoms in total. The number of nitrogen functional groups attached to an aromatic ring is 1. The molecular weight excluding hydrogens is 377 g/mol. The maximum atomic E-state index is 12.9. The molecule has 0 aliphatic heterocycles. The second kappa shape index (κ2) is 7.76. The number of carbonyl (C=O) groups excluding carboxylic acids is 1. The minimum absolute atomic E-state index is 0.256. The Morgan fingerprint density at radius 3 is 2.69 bits per heavy atom. The monoisotopic (exact) mass is 391 g/mol. The first-order valence-electron chi connectivity index (χ1n) is 7.63. The summed E-state index contributed by atoms with van der Waals surface area (Å²) in [6.45, 7) is 1.72. The summed E-state index contributed by atoms with van der Waals surface area (Å²) in [6, 6.07) is 12.6. The van der Waals surface area contributed by atoms with E-state index in [0.717, 1.165) is 5.56 Å². The number of rotatable bonds is 5. The van der Waals surface area contributed by atoms with Crippen LogP contribution in [-0.2, 0) is 4.79 Å². The average molecular weight is 392 g/mol. The van der Waals surface area contributed by atoms with Gasteiger partial charge >= 0.3 is 0 Å². The van der Waals surface area contributed by atoms with Gasteiger partial charge in [-0.2, -0.15) is 0 Å². The maximum Gasteiger partial charge on any atom is 0.237 e. The van der Waals surface area contributed by atoms with Gasteiger partial charge in [0.15, 0.2) is 5.82 Å². The topological polar surface area (TPSA) is 85.8 Å². The predicted molar refractivity (Wildman–Crippen MR) is 101 cm³/mol. The lowest BCUT2D eigenvalue weighted by Crippen LogP contribution is -2.23. The summed E-state index contributed by atoms with van der Waals surface area (Å²) < 4.78 is 14.2. The van der Waals surface area contributed by atoms with Crippen LogP contribution in [0.2, 0.25) is 5.02 Å². The molecule has 1 amide bonds. The minimum Gasteiger partial charge on any atom is -0.335 e. The fraction of sp³-hybridized carbons (Fsp3) is 0.118. The fourth-order valence-corrected chi connectivity index (χ4v) is 3.13. The molecule has 9 heteroatoms. The van der Waals surface area contributed by atoms with Crippen molar-refractivity contribution in [1.29, 1.82) is 0 Å². The van der Waals surface area contributed by atoms with E-state index in [-0.39, 0.29) is 11.7 Å². The Balaban J connectivity index is 1.70. The van der Waals surface area contributed by atoms with E-state index in [0.29, 0.717) is 21.7 Å². The Morgan fingerprint density at radius 1 is 1.27 bits per heavy atom. The van der Waals surface area contributed by atoms with Gasteiger partial charge in [0.25, 0.3) is 0 Å². The Hall–Kier alpha value is -2.58. The summed E-state index contributed by atoms with van der Waals surface area (Å²) >= 11 is 7.15. The third-order valence-corrected chi connectivity index (χ3v) is 4.80. The van der Waals surface area contributed by atoms with E-state index in [1.807, 2.05) is 6.07 Å². The van der Waals surface area contributed by atoms with E-state index in [9.17, 15) is 9.18 Å². The summed E-state index contributed by atoms with van der Waals surface area (Å²) in [4.78, 5) is 12.3. The number of thioether (sulfide) groups is 1. The van der Waals surface area contributed by atoms with Crippen LogP contribution in [0.3, 0.4) is 0 Å². The van der Waals surface area contributed by atoms with Crippen LogP contribution < -0.4 is 11.2 Å². The average Bonchev–Trinajstić information content (AvgIpc) is 2.97. The van der Waals surface area contributed by atoms with Gasteiger partial charge in [-0.25, -0.2) is 9.07 Å². The quantitative estimate of drug-likeness (QED) is 0.513. The van der Waals surface area contributed by atoms with Gasteiger partial charge < -0.3 is 11.2 Å². The summed E-state index contributed by atoms with van der Waals surface area (Å²) in [5.41, 5.74) is 1.24. The molecule has 0 spiro atoms. The van der Waals surface area contributed by atoms with Crippen molar-refractivity contribution < 1.29 is 9.18 Å². The lowest BCUT2D eigenvalue weighted by molar-refractivity contribution is -0.115. The molecule has 0 aliphatic carbocycles. The van der Waals surface area contributed by atoms with Crippen LogP contribution in [0, 0.1) is 5.82 Å². The van der Waals surface area contributed by atoms with E-state index < -0.39 is 5.25 Å². The number of carbonyl (C=O) groups is 1. The van der Waals surface area contributed by atoms with Gasteiger partial charge in [0.2, 0.25) is 11.1 Å². The molecule has 0 bridgehead atoms. The van der Waals surface area contributed by atoms with Crippen LogP contribution in [0.15, 0.2) is 53.7 Å². The first-order valence-corrected chi connectivity index (χ1v) is 8.89. The van der Waals surface area contributed by atoms with Crippen molar-refractivity contribution in [3.8, 4) is 11.4 Å². The molecule has 3 aromatic rings. The van der Waals surface area contributed by atoms with Crippen LogP contribution >= 0.6 is 23.4 Å². The number of anilines is 1. The third kappa shape index (κ3) is 4.14. The Morgan fingerprint density at radius 2 is 2.00 bits per heavy atom. The summed E-state index contributed by atoms with van der Waals surface area (Å²) in [6.07, 6.45) is 0. The highest BCUT2D eigenvalue weighted by Gasteiger charge is 2.20. The number of nitrogens with one attached hydrogen (secondary N) is 1. The summed E-state index contributed by atoms with van der Waals surface area (Å²) in [5.74, 6) is 5.88. The highest BCUT2D eigenvalue weighted by Crippen LogP contribution is 2.26. The Labute approximate surface area is 158 Å². The van der Waals surface area contributed by atoms with E-state index in [2.05, 4.69) is 15.5 Å². The second-order valence-electron chi connectivity index (χ2n) is 5.44. The van der Waals surface area contributed by atoms with Crippen LogP contribution in [0.4, 0.5) is 10.1 Å². The van der Waals surface area contributed by atoms with Crippen LogP contribution in [-0.4, -0.2) is 26.0 Å². The molecule has 1 aromatic heterocycles. The zero-order valence-electron chi connectivity index (χ0n) is 13.7. The van der Waals surface area contributed by atoms with E-state index >= 15 is 0 Å². The number of nitrogens with zero attached hydrogens (tertiary/aromatic N) is 3. The molecule has 26 heavy (non-hydrogen) atoms. The zero-order chi connectivity index (χ0) is 18.7. The number of nitrogens with two attached hydrogens (primary N) is 1. The molecular formula is C17H15ClFN5OS. The SMILES string of the molecule is C[C@H](Sc1nnc(-c2cccc(Cl)c2)n1N)C(=O)Nc1ccc(F)cc1. The van der Waals surface area contributed by atoms with Crippen LogP contribution in [0.1, 0.15) is 6.92 Å². The number of aromatic nitrogens is 3. The standard InChI is InChI=1S/C17H15ClFN5OS/c1-10(16(25)21-14-7-5-13(19)6-8-14)26-17-23-22-15(24(17)20)11-3-2-4-12(18)9-11/h2-10H,20H2,1H3,(H,21,25)/t10-/m0/s1. The number of hydrogen-bond donors (Lipinski definition) is 2. The number of amides is 1. The van der Waals surface area contributed by atoms with Gasteiger partial charge in [-0.3, -0.25) is 4.79 Å². The molecule has 0 unspecified atom stereocenters. The molecule has 1 atom stereocenters. The zero-order valence-corrected chi connectivity index (χ0v) is 15.3. The van der Waals surface area contributed by atoms with Crippen molar-refractivity contribution in [2.75, 3.05) is 11.2 Å². The minimum atomic E-state index is -0.487. The first kappa shape index (κ1) is 18.2. The second-order valence-corrected chi connectivity index (χ2v) is 7.19. The maximum absolute atomic E-state index is 12.9. The van der Waals surface area contributed by atoms with E-state index in [4.69, 9.17) is 17.4 Å². The third-order valence-electron chi connectivity index (χ3n) is 3.51. The Bertz CT molecular complexity index is 931. The highest BCUT2D eigenvalue weighted by molar-refractivity contribution is 8.00. The van der Waals surface area contributed by atoms with Gasteiger partial charge in [-0.15, -0.1) is 10.2 Å². The van der Waals surface area contributed by atoms with Crippen molar-refractivity contribution in [2.45, 2.75) is 17.3 Å². The number of hydrogen-bond acceptors (Lipinski definition) is 5. The fourth-order valence-electron chi connectivity index (χ4n) is 2.17. The van der Waals surface area contributed by atoms with Crippen molar-refractivity contribution >= 4 is 35.0 Å². The van der Waals surface area contributed by atoms with Crippen molar-refractivity contribution in [3.63, 3.8) is 0 Å². The normalized spacial score (nSPS) is 12.0. The number of halogens is 2. The molecule has 1 heterocycles. The van der Waals surface area contributed by atoms with Gasteiger partial charge in [0.1, 0.15) is 5.82 Å². The van der Waals surface area contributed by atoms with Crippen LogP contribution in [0.5, 0.6) is 0 Å². The molecule has 0 radical (unpaired) electrons. The summed E-state index contributed by atoms with van der Waals surface area (Å²) in [5, 5.41) is 11.3. The lowest BCUT2D eigenvalue weighted by Gasteiger charge is -2.11. The first-order chi connectivity index (χ1) is 12.4. The molecule has 3 rings (SSSR count). The Kier molecular flexibility index (Phi) is 5.43. The van der Waals surface area contributed by atoms with Crippen molar-refractivity contribution in [3.05, 3.63) is 59.4 Å². The lowest BCUT2D eigenvalue weighted by atomic mass is 10.2. The van der Waals surface area contributed by atoms with Gasteiger partial charge in [-0.1, -0.05) is 35.5 Å². The van der Waals surface area contributed by atoms with Gasteiger partial charge in [0, 0.05) is 16.3 Å². The smallest absolute Gasteiger partial charge is 0.237 e. The van der Waals surface area contributed by atoms with Crippen molar-refractivity contribution in [2.24, 2.45) is 0 Å². The molecule has 0 saturated carbocycles. The molecule has 3 N–H and O–H groups in total. The largest absolute Gasteiger partial charge is 0.335 e. The molecule has 0 aliphatic rings. The van der Waals surface area contributed by atoms with Gasteiger partial charge in [-0.05, 0) is 43.3 Å². The molecule has 134 valence electrons. The summed E-state index contributed by atoms with van der Waals surface area (Å²) in [7, 11) is 0. The molecule has 0 fully saturated rings. The van der Waals surface area contributed by atoms with Crippen LogP contribution in [0.25, 0.3) is 11.4 Å². The highest BCUT2D eigenvalue weighted by atomic mass is 35.5. The van der Waals surface area contributed by atoms with E-state index in [1.54, 1.807) is 25.1 Å². The molecule has 2 aromatic carbocycles. The van der Waals surface area contributed by atoms with Crippen molar-refractivity contribution in [1.82, 2.24) is 14.9 Å². The van der Waals surface area contributed by atoms with E-state index in [1.165, 1.54) is 40.7 Å². The predicted octanol–water partition coefficient (Wildman–Crippen LogP) is 3.57. The molecule has 0 saturated heterocycles. The van der Waals surface area contributed by atoms with Gasteiger partial charge in [0.05, 0.1) is 5.25 Å².